The molecule has 0 saturated carbocycles. The summed E-state index contributed by atoms with van der Waals surface area (Å²) >= 11 is 0. The van der Waals surface area contributed by atoms with Crippen molar-refractivity contribution in [1.29, 1.82) is 0 Å². The number of ether oxygens (including phenoxy) is 1. The summed E-state index contributed by atoms with van der Waals surface area (Å²) in [6.45, 7) is 3.76. The molecule has 2 heterocycles. The van der Waals surface area contributed by atoms with Gasteiger partial charge in [-0.3, -0.25) is 4.72 Å². The Labute approximate surface area is 159 Å². The molecule has 0 aliphatic rings. The molecule has 27 heavy (non-hydrogen) atoms. The van der Waals surface area contributed by atoms with E-state index in [-0.39, 0.29) is 5.75 Å². The number of rotatable bonds is 8. The molecule has 2 aromatic heterocycles. The van der Waals surface area contributed by atoms with Crippen LogP contribution >= 0.6 is 0 Å². The minimum absolute atomic E-state index is 0.115. The minimum atomic E-state index is -3.32. The van der Waals surface area contributed by atoms with Crippen LogP contribution in [-0.2, 0) is 10.0 Å². The van der Waals surface area contributed by atoms with E-state index in [4.69, 9.17) is 4.74 Å². The Morgan fingerprint density at radius 2 is 1.81 bits per heavy atom. The average molecular weight is 386 g/mol. The summed E-state index contributed by atoms with van der Waals surface area (Å²) in [4.78, 5) is 8.69. The molecule has 0 amide bonds. The number of benzene rings is 1. The van der Waals surface area contributed by atoms with E-state index in [9.17, 15) is 8.42 Å². The molecule has 0 bridgehead atoms. The first-order valence-corrected chi connectivity index (χ1v) is 10.4. The molecule has 1 aromatic carbocycles. The molecule has 3 aromatic rings. The van der Waals surface area contributed by atoms with Gasteiger partial charge in [-0.1, -0.05) is 13.3 Å². The number of nitrogens with zero attached hydrogens (tertiary/aromatic N) is 3. The van der Waals surface area contributed by atoms with Gasteiger partial charge in [-0.25, -0.2) is 13.4 Å². The topological polar surface area (TPSA) is 86.1 Å². The molecule has 0 unspecified atom stereocenters. The highest BCUT2D eigenvalue weighted by Gasteiger charge is 2.10. The van der Waals surface area contributed by atoms with Crippen molar-refractivity contribution < 1.29 is 13.2 Å². The van der Waals surface area contributed by atoms with E-state index in [1.807, 2.05) is 36.0 Å². The van der Waals surface area contributed by atoms with Crippen molar-refractivity contribution in [3.63, 3.8) is 0 Å². The molecule has 0 spiro atoms. The van der Waals surface area contributed by atoms with Crippen LogP contribution in [0.15, 0.2) is 54.9 Å². The van der Waals surface area contributed by atoms with Crippen molar-refractivity contribution in [1.82, 2.24) is 14.5 Å². The van der Waals surface area contributed by atoms with Gasteiger partial charge in [0, 0.05) is 24.1 Å². The molecule has 142 valence electrons. The van der Waals surface area contributed by atoms with Gasteiger partial charge in [0.15, 0.2) is 0 Å². The third kappa shape index (κ3) is 5.30. The maximum atomic E-state index is 12.0. The van der Waals surface area contributed by atoms with Crippen molar-refractivity contribution in [3.8, 4) is 17.4 Å². The number of nitrogens with one attached hydrogen (secondary N) is 1. The van der Waals surface area contributed by atoms with Crippen molar-refractivity contribution in [2.75, 3.05) is 10.5 Å². The maximum Gasteiger partial charge on any atom is 0.232 e. The Hall–Kier alpha value is -2.87. The molecule has 1 N–H and O–H groups in total. The lowest BCUT2D eigenvalue weighted by Crippen LogP contribution is -2.16. The number of sulfonamides is 1. The van der Waals surface area contributed by atoms with Crippen LogP contribution in [0.3, 0.4) is 0 Å². The Morgan fingerprint density at radius 1 is 1.11 bits per heavy atom. The van der Waals surface area contributed by atoms with E-state index < -0.39 is 10.0 Å². The van der Waals surface area contributed by atoms with Crippen LogP contribution in [0.4, 0.5) is 5.69 Å². The fourth-order valence-electron chi connectivity index (χ4n) is 2.47. The molecule has 7 nitrogen and oxygen atoms in total. The lowest BCUT2D eigenvalue weighted by atomic mass is 10.3. The van der Waals surface area contributed by atoms with Gasteiger partial charge in [0.25, 0.3) is 0 Å². The molecule has 0 aliphatic carbocycles. The average Bonchev–Trinajstić information content (AvgIpc) is 3.16. The highest BCUT2D eigenvalue weighted by Crippen LogP contribution is 2.23. The Morgan fingerprint density at radius 3 is 2.48 bits per heavy atom. The molecular weight excluding hydrogens is 364 g/mol. The molecule has 8 heteroatoms. The van der Waals surface area contributed by atoms with Crippen molar-refractivity contribution in [3.05, 3.63) is 60.7 Å². The number of anilines is 1. The van der Waals surface area contributed by atoms with Gasteiger partial charge in [0.1, 0.15) is 17.4 Å². The number of aromatic nitrogens is 3. The van der Waals surface area contributed by atoms with E-state index in [1.165, 1.54) is 0 Å². The zero-order chi connectivity index (χ0) is 19.3. The largest absolute Gasteiger partial charge is 0.439 e. The van der Waals surface area contributed by atoms with Crippen LogP contribution in [0.25, 0.3) is 5.82 Å². The van der Waals surface area contributed by atoms with Gasteiger partial charge in [0.2, 0.25) is 15.9 Å². The number of hydrogen-bond acceptors (Lipinski definition) is 5. The summed E-state index contributed by atoms with van der Waals surface area (Å²) in [5.41, 5.74) is 0.505. The maximum absolute atomic E-state index is 12.0. The Balaban J connectivity index is 1.72. The monoisotopic (exact) mass is 386 g/mol. The smallest absolute Gasteiger partial charge is 0.232 e. The normalized spacial score (nSPS) is 11.3. The van der Waals surface area contributed by atoms with Gasteiger partial charge in [-0.05, 0) is 49.7 Å². The fraction of sp³-hybridized carbons (Fsp3) is 0.263. The van der Waals surface area contributed by atoms with Gasteiger partial charge in [-0.15, -0.1) is 0 Å². The summed E-state index contributed by atoms with van der Waals surface area (Å²) in [5, 5.41) is 0. The predicted molar refractivity (Wildman–Crippen MR) is 105 cm³/mol. The zero-order valence-electron chi connectivity index (χ0n) is 15.3. The second kappa shape index (κ2) is 8.22. The summed E-state index contributed by atoms with van der Waals surface area (Å²) < 4.78 is 34.2. The van der Waals surface area contributed by atoms with Gasteiger partial charge in [-0.2, -0.15) is 4.98 Å². The first-order chi connectivity index (χ1) is 12.9. The van der Waals surface area contributed by atoms with Crippen LogP contribution in [0.5, 0.6) is 11.6 Å². The van der Waals surface area contributed by atoms with Crippen molar-refractivity contribution in [2.24, 2.45) is 0 Å². The van der Waals surface area contributed by atoms with Crippen LogP contribution in [0.2, 0.25) is 0 Å². The van der Waals surface area contributed by atoms with Crippen molar-refractivity contribution in [2.45, 2.75) is 26.7 Å². The fourth-order valence-corrected chi connectivity index (χ4v) is 3.74. The zero-order valence-corrected chi connectivity index (χ0v) is 16.1. The SMILES string of the molecule is CCCCS(=O)(=O)Nc1ccc(Oc2cc(-n3cccc3)nc(C)n2)cc1. The first kappa shape index (κ1) is 18.9. The molecule has 0 radical (unpaired) electrons. The summed E-state index contributed by atoms with van der Waals surface area (Å²) in [5.74, 6) is 2.40. The van der Waals surface area contributed by atoms with Gasteiger partial charge in [0.05, 0.1) is 5.75 Å². The van der Waals surface area contributed by atoms with E-state index in [0.29, 0.717) is 35.4 Å². The molecule has 0 aliphatic heterocycles. The first-order valence-electron chi connectivity index (χ1n) is 8.72. The second-order valence-corrected chi connectivity index (χ2v) is 7.94. The van der Waals surface area contributed by atoms with Crippen LogP contribution in [0, 0.1) is 6.92 Å². The van der Waals surface area contributed by atoms with Crippen LogP contribution in [0.1, 0.15) is 25.6 Å². The minimum Gasteiger partial charge on any atom is -0.439 e. The van der Waals surface area contributed by atoms with Crippen molar-refractivity contribution >= 4 is 15.7 Å². The van der Waals surface area contributed by atoms with Gasteiger partial charge >= 0.3 is 0 Å². The number of hydrogen-bond donors (Lipinski definition) is 1. The summed E-state index contributed by atoms with van der Waals surface area (Å²) in [6, 6.07) is 12.3. The van der Waals surface area contributed by atoms with Crippen LogP contribution in [-0.4, -0.2) is 28.7 Å². The lowest BCUT2D eigenvalue weighted by Gasteiger charge is -2.10. The highest BCUT2D eigenvalue weighted by atomic mass is 32.2. The highest BCUT2D eigenvalue weighted by molar-refractivity contribution is 7.92. The van der Waals surface area contributed by atoms with Gasteiger partial charge < -0.3 is 9.30 Å². The summed E-state index contributed by atoms with van der Waals surface area (Å²) in [6.07, 6.45) is 5.25. The standard InChI is InChI=1S/C19H22N4O3S/c1-3-4-13-27(24,25)22-16-7-9-17(10-8-16)26-19-14-18(20-15(2)21-19)23-11-5-6-12-23/h5-12,14,22H,3-4,13H2,1-2H3. The van der Waals surface area contributed by atoms with E-state index in [0.717, 1.165) is 6.42 Å². The third-order valence-corrected chi connectivity index (χ3v) is 5.16. The molecule has 0 fully saturated rings. The van der Waals surface area contributed by atoms with E-state index in [2.05, 4.69) is 14.7 Å². The molecule has 0 saturated heterocycles. The van der Waals surface area contributed by atoms with E-state index in [1.54, 1.807) is 37.3 Å². The molecule has 0 atom stereocenters. The lowest BCUT2D eigenvalue weighted by molar-refractivity contribution is 0.459. The second-order valence-electron chi connectivity index (χ2n) is 6.10. The van der Waals surface area contributed by atoms with E-state index >= 15 is 0 Å². The number of unbranched alkanes of at least 4 members (excludes halogenated alkanes) is 1. The molecular formula is C19H22N4O3S. The Kier molecular flexibility index (Phi) is 5.75. The molecule has 3 rings (SSSR count). The number of aryl methyl sites for hydroxylation is 1. The Bertz CT molecular complexity index is 984. The quantitative estimate of drug-likeness (QED) is 0.634. The van der Waals surface area contributed by atoms with Crippen LogP contribution < -0.4 is 9.46 Å². The third-order valence-electron chi connectivity index (χ3n) is 3.79. The predicted octanol–water partition coefficient (Wildman–Crippen LogP) is 3.91. The summed E-state index contributed by atoms with van der Waals surface area (Å²) in [7, 11) is -3.32.